The van der Waals surface area contributed by atoms with E-state index in [1.54, 1.807) is 0 Å². The molecule has 4 heteroatoms. The number of rotatable bonds is 3. The van der Waals surface area contributed by atoms with Gasteiger partial charge in [0.25, 0.3) is 0 Å². The van der Waals surface area contributed by atoms with E-state index in [9.17, 15) is 5.11 Å². The molecule has 0 aliphatic carbocycles. The molecular weight excluding hydrogens is 254 g/mol. The summed E-state index contributed by atoms with van der Waals surface area (Å²) in [4.78, 5) is 0. The highest BCUT2D eigenvalue weighted by Crippen LogP contribution is 2.31. The third-order valence-electron chi connectivity index (χ3n) is 4.29. The van der Waals surface area contributed by atoms with Crippen LogP contribution in [0.4, 0.5) is 0 Å². The molecule has 0 aromatic heterocycles. The lowest BCUT2D eigenvalue weighted by molar-refractivity contribution is -0.0629. The second kappa shape index (κ2) is 6.12. The van der Waals surface area contributed by atoms with Crippen LogP contribution in [-0.2, 0) is 4.74 Å². The van der Waals surface area contributed by atoms with Gasteiger partial charge in [-0.05, 0) is 18.9 Å². The molecular formula is C16H23NO3. The van der Waals surface area contributed by atoms with Crippen molar-refractivity contribution in [3.05, 3.63) is 29.8 Å². The zero-order valence-electron chi connectivity index (χ0n) is 11.8. The molecule has 1 aromatic carbocycles. The molecule has 110 valence electrons. The molecule has 1 atom stereocenters. The van der Waals surface area contributed by atoms with Crippen LogP contribution in [0.1, 0.15) is 37.3 Å². The van der Waals surface area contributed by atoms with Crippen LogP contribution >= 0.6 is 0 Å². The summed E-state index contributed by atoms with van der Waals surface area (Å²) in [6.07, 6.45) is 3.51. The second-order valence-corrected chi connectivity index (χ2v) is 5.80. The minimum Gasteiger partial charge on any atom is -0.493 e. The Balaban J connectivity index is 1.67. The Labute approximate surface area is 120 Å². The Morgan fingerprint density at radius 2 is 2.00 bits per heavy atom. The van der Waals surface area contributed by atoms with Crippen molar-refractivity contribution in [1.82, 2.24) is 5.32 Å². The van der Waals surface area contributed by atoms with E-state index >= 15 is 0 Å². The fraction of sp³-hybridized carbons (Fsp3) is 0.625. The number of hydrogen-bond acceptors (Lipinski definition) is 4. The van der Waals surface area contributed by atoms with E-state index in [0.29, 0.717) is 32.6 Å². The molecule has 2 N–H and O–H groups in total. The van der Waals surface area contributed by atoms with E-state index in [2.05, 4.69) is 11.4 Å². The van der Waals surface area contributed by atoms with Gasteiger partial charge in [0.1, 0.15) is 5.75 Å². The maximum atomic E-state index is 10.5. The molecule has 2 aliphatic heterocycles. The second-order valence-electron chi connectivity index (χ2n) is 5.80. The first kappa shape index (κ1) is 13.9. The molecule has 20 heavy (non-hydrogen) atoms. The minimum atomic E-state index is -0.625. The van der Waals surface area contributed by atoms with Crippen molar-refractivity contribution in [1.29, 1.82) is 0 Å². The highest BCUT2D eigenvalue weighted by Gasteiger charge is 2.31. The minimum absolute atomic E-state index is 0.264. The van der Waals surface area contributed by atoms with Gasteiger partial charge in [-0.2, -0.15) is 0 Å². The van der Waals surface area contributed by atoms with Crippen molar-refractivity contribution in [2.75, 3.05) is 26.4 Å². The molecule has 0 saturated carbocycles. The lowest BCUT2D eigenvalue weighted by atomic mass is 9.93. The Bertz CT molecular complexity index is 443. The summed E-state index contributed by atoms with van der Waals surface area (Å²) in [5, 5.41) is 14.1. The van der Waals surface area contributed by atoms with Crippen LogP contribution in [0.15, 0.2) is 24.3 Å². The number of para-hydroxylation sites is 1. The van der Waals surface area contributed by atoms with Crippen LogP contribution in [0.5, 0.6) is 5.75 Å². The van der Waals surface area contributed by atoms with Crippen LogP contribution in [0.3, 0.4) is 0 Å². The number of aliphatic hydroxyl groups is 1. The van der Waals surface area contributed by atoms with Gasteiger partial charge in [0.15, 0.2) is 0 Å². The Kier molecular flexibility index (Phi) is 4.24. The van der Waals surface area contributed by atoms with Gasteiger partial charge in [0.2, 0.25) is 0 Å². The van der Waals surface area contributed by atoms with Crippen molar-refractivity contribution in [3.8, 4) is 5.75 Å². The summed E-state index contributed by atoms with van der Waals surface area (Å²) < 4.78 is 11.1. The molecule has 0 amide bonds. The van der Waals surface area contributed by atoms with Crippen molar-refractivity contribution >= 4 is 0 Å². The molecule has 3 rings (SSSR count). The lowest BCUT2D eigenvalue weighted by Gasteiger charge is -2.33. The van der Waals surface area contributed by atoms with Gasteiger partial charge < -0.3 is 19.9 Å². The number of ether oxygens (including phenoxy) is 2. The standard InChI is InChI=1S/C16H23NO3/c18-16(7-10-19-11-8-16)12-17-14-5-3-9-20-15-6-2-1-4-13(14)15/h1-2,4,6,14,17-18H,3,5,7-12H2. The zero-order valence-corrected chi connectivity index (χ0v) is 11.8. The molecule has 2 heterocycles. The van der Waals surface area contributed by atoms with Gasteiger partial charge in [0.05, 0.1) is 12.2 Å². The highest BCUT2D eigenvalue weighted by molar-refractivity contribution is 5.36. The van der Waals surface area contributed by atoms with E-state index in [4.69, 9.17) is 9.47 Å². The average molecular weight is 277 g/mol. The molecule has 2 aliphatic rings. The van der Waals surface area contributed by atoms with E-state index in [-0.39, 0.29) is 6.04 Å². The van der Waals surface area contributed by atoms with Gasteiger partial charge >= 0.3 is 0 Å². The Morgan fingerprint density at radius 1 is 1.20 bits per heavy atom. The van der Waals surface area contributed by atoms with Gasteiger partial charge in [-0.1, -0.05) is 18.2 Å². The van der Waals surface area contributed by atoms with Crippen LogP contribution in [0.2, 0.25) is 0 Å². The number of fused-ring (bicyclic) bond motifs is 1. The Morgan fingerprint density at radius 3 is 2.85 bits per heavy atom. The molecule has 0 radical (unpaired) electrons. The smallest absolute Gasteiger partial charge is 0.124 e. The molecule has 0 bridgehead atoms. The number of benzene rings is 1. The van der Waals surface area contributed by atoms with Crippen LogP contribution in [0.25, 0.3) is 0 Å². The van der Waals surface area contributed by atoms with Crippen LogP contribution < -0.4 is 10.1 Å². The molecule has 4 nitrogen and oxygen atoms in total. The van der Waals surface area contributed by atoms with Crippen molar-refractivity contribution < 1.29 is 14.6 Å². The third kappa shape index (κ3) is 3.14. The van der Waals surface area contributed by atoms with E-state index < -0.39 is 5.60 Å². The Hall–Kier alpha value is -1.10. The van der Waals surface area contributed by atoms with E-state index in [1.165, 1.54) is 5.56 Å². The van der Waals surface area contributed by atoms with Crippen LogP contribution in [0, 0.1) is 0 Å². The molecule has 1 saturated heterocycles. The largest absolute Gasteiger partial charge is 0.493 e. The molecule has 0 spiro atoms. The SMILES string of the molecule is OC1(CNC2CCCOc3ccccc32)CCOCC1. The number of hydrogen-bond donors (Lipinski definition) is 2. The first-order valence-corrected chi connectivity index (χ1v) is 7.52. The fourth-order valence-electron chi connectivity index (χ4n) is 2.98. The van der Waals surface area contributed by atoms with Crippen LogP contribution in [-0.4, -0.2) is 37.1 Å². The summed E-state index contributed by atoms with van der Waals surface area (Å²) >= 11 is 0. The van der Waals surface area contributed by atoms with Gasteiger partial charge in [0, 0.05) is 44.2 Å². The first-order valence-electron chi connectivity index (χ1n) is 7.52. The van der Waals surface area contributed by atoms with Crippen molar-refractivity contribution in [2.24, 2.45) is 0 Å². The van der Waals surface area contributed by atoms with Crippen molar-refractivity contribution in [3.63, 3.8) is 0 Å². The highest BCUT2D eigenvalue weighted by atomic mass is 16.5. The number of nitrogens with one attached hydrogen (secondary N) is 1. The average Bonchev–Trinajstić information content (AvgIpc) is 2.68. The summed E-state index contributed by atoms with van der Waals surface area (Å²) in [7, 11) is 0. The predicted molar refractivity (Wildman–Crippen MR) is 76.9 cm³/mol. The summed E-state index contributed by atoms with van der Waals surface area (Å²) in [5.74, 6) is 0.974. The quantitative estimate of drug-likeness (QED) is 0.887. The monoisotopic (exact) mass is 277 g/mol. The molecule has 1 aromatic rings. The first-order chi connectivity index (χ1) is 9.77. The van der Waals surface area contributed by atoms with E-state index in [1.807, 2.05) is 18.2 Å². The maximum Gasteiger partial charge on any atom is 0.124 e. The zero-order chi connectivity index (χ0) is 13.8. The van der Waals surface area contributed by atoms with Gasteiger partial charge in [-0.15, -0.1) is 0 Å². The summed E-state index contributed by atoms with van der Waals surface area (Å²) in [6, 6.07) is 8.46. The van der Waals surface area contributed by atoms with Gasteiger partial charge in [-0.25, -0.2) is 0 Å². The molecule has 1 fully saturated rings. The summed E-state index contributed by atoms with van der Waals surface area (Å²) in [6.45, 7) is 2.70. The summed E-state index contributed by atoms with van der Waals surface area (Å²) in [5.41, 5.74) is 0.584. The van der Waals surface area contributed by atoms with E-state index in [0.717, 1.165) is 25.2 Å². The van der Waals surface area contributed by atoms with Crippen molar-refractivity contribution in [2.45, 2.75) is 37.3 Å². The van der Waals surface area contributed by atoms with Gasteiger partial charge in [-0.3, -0.25) is 0 Å². The molecule has 1 unspecified atom stereocenters. The third-order valence-corrected chi connectivity index (χ3v) is 4.29. The lowest BCUT2D eigenvalue weighted by Crippen LogP contribution is -2.45. The normalized spacial score (nSPS) is 25.4. The predicted octanol–water partition coefficient (Wildman–Crippen LogP) is 2.03. The fourth-order valence-corrected chi connectivity index (χ4v) is 2.98. The maximum absolute atomic E-state index is 10.5. The topological polar surface area (TPSA) is 50.7 Å².